The van der Waals surface area contributed by atoms with Gasteiger partial charge >= 0.3 is 0 Å². The number of amides is 1. The van der Waals surface area contributed by atoms with E-state index >= 15 is 0 Å². The number of nitrogens with zero attached hydrogens (tertiary/aromatic N) is 3. The standard InChI is InChI=1S/C16H19N3O2S/c1-10-17-15(21-18-10)11-6-7-19(8-11)16(20)13-9-22-14-5-3-2-4-12(13)14/h9,11H,2-8H2,1H3. The van der Waals surface area contributed by atoms with Crippen LogP contribution in [0, 0.1) is 6.92 Å². The minimum Gasteiger partial charge on any atom is -0.339 e. The molecule has 0 N–H and O–H groups in total. The summed E-state index contributed by atoms with van der Waals surface area (Å²) in [6.07, 6.45) is 5.55. The Kier molecular flexibility index (Phi) is 3.48. The summed E-state index contributed by atoms with van der Waals surface area (Å²) in [7, 11) is 0. The fourth-order valence-electron chi connectivity index (χ4n) is 3.47. The van der Waals surface area contributed by atoms with Gasteiger partial charge in [0.15, 0.2) is 5.82 Å². The van der Waals surface area contributed by atoms with Crippen molar-refractivity contribution in [2.45, 2.75) is 44.9 Å². The second-order valence-corrected chi connectivity index (χ2v) is 7.14. The highest BCUT2D eigenvalue weighted by molar-refractivity contribution is 7.10. The normalized spacial score (nSPS) is 21.1. The molecule has 1 aliphatic heterocycles. The van der Waals surface area contributed by atoms with E-state index in [0.717, 1.165) is 31.4 Å². The summed E-state index contributed by atoms with van der Waals surface area (Å²) in [6, 6.07) is 0. The van der Waals surface area contributed by atoms with Crippen LogP contribution in [0.2, 0.25) is 0 Å². The van der Waals surface area contributed by atoms with Crippen LogP contribution in [0.4, 0.5) is 0 Å². The first-order chi connectivity index (χ1) is 10.7. The Hall–Kier alpha value is -1.69. The van der Waals surface area contributed by atoms with Gasteiger partial charge in [0.1, 0.15) is 0 Å². The predicted molar refractivity (Wildman–Crippen MR) is 83.3 cm³/mol. The van der Waals surface area contributed by atoms with Gasteiger partial charge in [-0.15, -0.1) is 11.3 Å². The molecule has 0 aromatic carbocycles. The van der Waals surface area contributed by atoms with Gasteiger partial charge in [0.05, 0.1) is 11.5 Å². The molecule has 4 rings (SSSR count). The molecule has 1 aliphatic carbocycles. The van der Waals surface area contributed by atoms with Crippen LogP contribution < -0.4 is 0 Å². The van der Waals surface area contributed by atoms with Crippen molar-refractivity contribution in [3.63, 3.8) is 0 Å². The van der Waals surface area contributed by atoms with Crippen LogP contribution in [-0.2, 0) is 12.8 Å². The highest BCUT2D eigenvalue weighted by atomic mass is 32.1. The SMILES string of the molecule is Cc1noc(C2CCN(C(=O)c3csc4c3CCCC4)C2)n1. The first-order valence-electron chi connectivity index (χ1n) is 7.91. The van der Waals surface area contributed by atoms with Crippen LogP contribution in [0.3, 0.4) is 0 Å². The molecule has 5 nitrogen and oxygen atoms in total. The van der Waals surface area contributed by atoms with Crippen LogP contribution >= 0.6 is 11.3 Å². The van der Waals surface area contributed by atoms with Gasteiger partial charge in [-0.3, -0.25) is 4.79 Å². The maximum absolute atomic E-state index is 12.8. The number of carbonyl (C=O) groups excluding carboxylic acids is 1. The van der Waals surface area contributed by atoms with Gasteiger partial charge < -0.3 is 9.42 Å². The number of fused-ring (bicyclic) bond motifs is 1. The maximum Gasteiger partial charge on any atom is 0.255 e. The molecule has 1 amide bonds. The van der Waals surface area contributed by atoms with E-state index in [2.05, 4.69) is 15.5 Å². The number of carbonyl (C=O) groups is 1. The third-order valence-corrected chi connectivity index (χ3v) is 5.75. The monoisotopic (exact) mass is 317 g/mol. The van der Waals surface area contributed by atoms with Gasteiger partial charge in [-0.25, -0.2) is 0 Å². The average Bonchev–Trinajstić information content (AvgIpc) is 3.25. The second-order valence-electron chi connectivity index (χ2n) is 6.17. The van der Waals surface area contributed by atoms with Crippen molar-refractivity contribution in [2.75, 3.05) is 13.1 Å². The third-order valence-electron chi connectivity index (χ3n) is 4.66. The number of thiophene rings is 1. The van der Waals surface area contributed by atoms with Gasteiger partial charge in [-0.05, 0) is 44.6 Å². The summed E-state index contributed by atoms with van der Waals surface area (Å²) in [6.45, 7) is 3.28. The minimum atomic E-state index is 0.179. The lowest BCUT2D eigenvalue weighted by Gasteiger charge is -2.18. The van der Waals surface area contributed by atoms with E-state index in [1.54, 1.807) is 11.3 Å². The number of likely N-dealkylation sites (tertiary alicyclic amines) is 1. The van der Waals surface area contributed by atoms with Crippen molar-refractivity contribution in [1.82, 2.24) is 15.0 Å². The highest BCUT2D eigenvalue weighted by Crippen LogP contribution is 2.33. The zero-order valence-electron chi connectivity index (χ0n) is 12.7. The van der Waals surface area contributed by atoms with Crippen molar-refractivity contribution >= 4 is 17.2 Å². The average molecular weight is 317 g/mol. The Morgan fingerprint density at radius 2 is 2.27 bits per heavy atom. The van der Waals surface area contributed by atoms with Gasteiger partial charge in [0.25, 0.3) is 5.91 Å². The molecule has 0 radical (unpaired) electrons. The summed E-state index contributed by atoms with van der Waals surface area (Å²) >= 11 is 1.75. The van der Waals surface area contributed by atoms with E-state index in [0.29, 0.717) is 18.3 Å². The number of aromatic nitrogens is 2. The Balaban J connectivity index is 1.51. The van der Waals surface area contributed by atoms with E-state index < -0.39 is 0 Å². The predicted octanol–water partition coefficient (Wildman–Crippen LogP) is 2.95. The molecule has 2 aliphatic rings. The molecule has 22 heavy (non-hydrogen) atoms. The van der Waals surface area contributed by atoms with Crippen LogP contribution in [0.25, 0.3) is 0 Å². The zero-order chi connectivity index (χ0) is 15.1. The second kappa shape index (κ2) is 5.50. The molecule has 6 heteroatoms. The van der Waals surface area contributed by atoms with Crippen molar-refractivity contribution in [1.29, 1.82) is 0 Å². The lowest BCUT2D eigenvalue weighted by molar-refractivity contribution is 0.0789. The molecular weight excluding hydrogens is 298 g/mol. The summed E-state index contributed by atoms with van der Waals surface area (Å²) in [5, 5.41) is 5.91. The van der Waals surface area contributed by atoms with E-state index in [-0.39, 0.29) is 11.8 Å². The summed E-state index contributed by atoms with van der Waals surface area (Å²) in [5.74, 6) is 1.68. The molecule has 1 saturated heterocycles. The van der Waals surface area contributed by atoms with Gasteiger partial charge in [0.2, 0.25) is 5.89 Å². The van der Waals surface area contributed by atoms with Crippen LogP contribution in [-0.4, -0.2) is 34.0 Å². The quantitative estimate of drug-likeness (QED) is 0.854. The molecular formula is C16H19N3O2S. The van der Waals surface area contributed by atoms with Crippen LogP contribution in [0.5, 0.6) is 0 Å². The summed E-state index contributed by atoms with van der Waals surface area (Å²) in [4.78, 5) is 20.5. The van der Waals surface area contributed by atoms with E-state index in [1.807, 2.05) is 11.8 Å². The van der Waals surface area contributed by atoms with Crippen molar-refractivity contribution in [2.24, 2.45) is 0 Å². The number of hydrogen-bond acceptors (Lipinski definition) is 5. The summed E-state index contributed by atoms with van der Waals surface area (Å²) in [5.41, 5.74) is 2.24. The lowest BCUT2D eigenvalue weighted by Crippen LogP contribution is -2.29. The number of rotatable bonds is 2. The van der Waals surface area contributed by atoms with Crippen molar-refractivity contribution in [3.8, 4) is 0 Å². The van der Waals surface area contributed by atoms with E-state index in [9.17, 15) is 4.79 Å². The Labute approximate surface area is 133 Å². The molecule has 1 fully saturated rings. The van der Waals surface area contributed by atoms with Gasteiger partial charge in [-0.1, -0.05) is 5.16 Å². The molecule has 2 aromatic heterocycles. The smallest absolute Gasteiger partial charge is 0.255 e. The number of aryl methyl sites for hydroxylation is 2. The van der Waals surface area contributed by atoms with E-state index in [4.69, 9.17) is 4.52 Å². The molecule has 0 spiro atoms. The van der Waals surface area contributed by atoms with Gasteiger partial charge in [0, 0.05) is 23.3 Å². The molecule has 116 valence electrons. The Morgan fingerprint density at radius 3 is 3.09 bits per heavy atom. The summed E-state index contributed by atoms with van der Waals surface area (Å²) < 4.78 is 5.26. The van der Waals surface area contributed by atoms with Crippen LogP contribution in [0.1, 0.15) is 57.7 Å². The topological polar surface area (TPSA) is 59.2 Å². The van der Waals surface area contributed by atoms with Crippen molar-refractivity contribution in [3.05, 3.63) is 33.1 Å². The fourth-order valence-corrected chi connectivity index (χ4v) is 4.59. The molecule has 1 atom stereocenters. The zero-order valence-corrected chi connectivity index (χ0v) is 13.5. The Morgan fingerprint density at radius 1 is 1.41 bits per heavy atom. The molecule has 0 bridgehead atoms. The Bertz CT molecular complexity index is 706. The molecule has 2 aromatic rings. The minimum absolute atomic E-state index is 0.179. The van der Waals surface area contributed by atoms with E-state index in [1.165, 1.54) is 23.3 Å². The first kappa shape index (κ1) is 13.9. The lowest BCUT2D eigenvalue weighted by atomic mass is 9.95. The molecule has 1 unspecified atom stereocenters. The highest BCUT2D eigenvalue weighted by Gasteiger charge is 2.33. The number of hydrogen-bond donors (Lipinski definition) is 0. The van der Waals surface area contributed by atoms with Crippen molar-refractivity contribution < 1.29 is 9.32 Å². The third kappa shape index (κ3) is 2.35. The van der Waals surface area contributed by atoms with Gasteiger partial charge in [-0.2, -0.15) is 4.98 Å². The molecule has 0 saturated carbocycles. The fraction of sp³-hybridized carbons (Fsp3) is 0.562. The largest absolute Gasteiger partial charge is 0.339 e. The molecule has 3 heterocycles. The first-order valence-corrected chi connectivity index (χ1v) is 8.79. The van der Waals surface area contributed by atoms with Crippen LogP contribution in [0.15, 0.2) is 9.90 Å². The maximum atomic E-state index is 12.8.